The lowest BCUT2D eigenvalue weighted by Crippen LogP contribution is -2.18. The smallest absolute Gasteiger partial charge is 0.213 e. The molecule has 1 atom stereocenters. The minimum atomic E-state index is -3.68. The highest BCUT2D eigenvalue weighted by Crippen LogP contribution is 2.46. The third kappa shape index (κ3) is 3.54. The topological polar surface area (TPSA) is 86.5 Å². The third-order valence-corrected chi connectivity index (χ3v) is 5.59. The molecular formula is C21H16ClNO4S. The molecule has 2 N–H and O–H groups in total. The van der Waals surface area contributed by atoms with Crippen molar-refractivity contribution in [3.63, 3.8) is 0 Å². The second kappa shape index (κ2) is 7.05. The van der Waals surface area contributed by atoms with Gasteiger partial charge < -0.3 is 4.74 Å². The van der Waals surface area contributed by atoms with E-state index < -0.39 is 16.1 Å². The molecule has 0 fully saturated rings. The van der Waals surface area contributed by atoms with Gasteiger partial charge in [-0.1, -0.05) is 54.1 Å². The van der Waals surface area contributed by atoms with E-state index in [0.29, 0.717) is 27.5 Å². The lowest BCUT2D eigenvalue weighted by atomic mass is 9.86. The summed E-state index contributed by atoms with van der Waals surface area (Å²) >= 11 is 6.16. The van der Waals surface area contributed by atoms with Crippen molar-refractivity contribution >= 4 is 27.9 Å². The van der Waals surface area contributed by atoms with E-state index in [0.717, 1.165) is 23.0 Å². The van der Waals surface area contributed by atoms with Gasteiger partial charge in [0.25, 0.3) is 0 Å². The maximum absolute atomic E-state index is 11.6. The van der Waals surface area contributed by atoms with Gasteiger partial charge in [-0.3, -0.25) is 4.79 Å². The van der Waals surface area contributed by atoms with Gasteiger partial charge in [-0.2, -0.15) is 0 Å². The molecule has 0 spiro atoms. The number of sulfonamides is 1. The van der Waals surface area contributed by atoms with Crippen LogP contribution in [0, 0.1) is 0 Å². The fraction of sp³-hybridized carbons (Fsp3) is 0.0952. The van der Waals surface area contributed by atoms with Crippen molar-refractivity contribution in [2.75, 3.05) is 0 Å². The van der Waals surface area contributed by atoms with Gasteiger partial charge in [-0.15, -0.1) is 0 Å². The Morgan fingerprint density at radius 2 is 1.86 bits per heavy atom. The molecule has 1 unspecified atom stereocenters. The van der Waals surface area contributed by atoms with Crippen molar-refractivity contribution in [1.29, 1.82) is 0 Å². The minimum Gasteiger partial charge on any atom is -0.480 e. The van der Waals surface area contributed by atoms with Crippen LogP contribution in [0.1, 0.15) is 33.2 Å². The molecule has 5 nitrogen and oxygen atoms in total. The Kier molecular flexibility index (Phi) is 4.71. The van der Waals surface area contributed by atoms with Crippen molar-refractivity contribution in [2.24, 2.45) is 5.14 Å². The molecule has 0 aliphatic carbocycles. The van der Waals surface area contributed by atoms with Crippen LogP contribution in [0.2, 0.25) is 5.02 Å². The zero-order valence-electron chi connectivity index (χ0n) is 14.6. The van der Waals surface area contributed by atoms with E-state index in [-0.39, 0.29) is 5.75 Å². The molecule has 0 saturated heterocycles. The lowest BCUT2D eigenvalue weighted by Gasteiger charge is -2.30. The van der Waals surface area contributed by atoms with E-state index in [9.17, 15) is 13.2 Å². The maximum atomic E-state index is 11.6. The fourth-order valence-electron chi connectivity index (χ4n) is 3.52. The van der Waals surface area contributed by atoms with Crippen LogP contribution in [-0.2, 0) is 15.8 Å². The van der Waals surface area contributed by atoms with Gasteiger partial charge in [0.05, 0.1) is 5.75 Å². The summed E-state index contributed by atoms with van der Waals surface area (Å²) in [5.74, 6) is 0.298. The van der Waals surface area contributed by atoms with Gasteiger partial charge in [0.15, 0.2) is 6.29 Å². The normalized spacial score (nSPS) is 15.3. The van der Waals surface area contributed by atoms with Crippen molar-refractivity contribution in [1.82, 2.24) is 0 Å². The lowest BCUT2D eigenvalue weighted by molar-refractivity contribution is 0.112. The summed E-state index contributed by atoms with van der Waals surface area (Å²) in [6, 6.07) is 17.8. The zero-order chi connectivity index (χ0) is 19.9. The van der Waals surface area contributed by atoms with Crippen LogP contribution in [0.5, 0.6) is 5.75 Å². The molecule has 3 aromatic rings. The first-order valence-electron chi connectivity index (χ1n) is 8.50. The second-order valence-corrected chi connectivity index (χ2v) is 8.67. The average Bonchev–Trinajstić information content (AvgIpc) is 2.65. The van der Waals surface area contributed by atoms with E-state index in [1.807, 2.05) is 18.2 Å². The number of carbonyl (C=O) groups excluding carboxylic acids is 1. The Morgan fingerprint density at radius 1 is 1.07 bits per heavy atom. The summed E-state index contributed by atoms with van der Waals surface area (Å²) in [7, 11) is -3.68. The summed E-state index contributed by atoms with van der Waals surface area (Å²) in [6.07, 6.45) is 0.285. The highest BCUT2D eigenvalue weighted by Gasteiger charge is 2.29. The number of halogens is 1. The van der Waals surface area contributed by atoms with Gasteiger partial charge in [0.1, 0.15) is 11.9 Å². The average molecular weight is 414 g/mol. The molecule has 4 rings (SSSR count). The molecule has 3 aromatic carbocycles. The minimum absolute atomic E-state index is 0.287. The highest BCUT2D eigenvalue weighted by atomic mass is 35.5. The van der Waals surface area contributed by atoms with Gasteiger partial charge >= 0.3 is 0 Å². The number of hydrogen-bond acceptors (Lipinski definition) is 4. The first kappa shape index (κ1) is 18.7. The van der Waals surface area contributed by atoms with Gasteiger partial charge in [0.2, 0.25) is 10.0 Å². The van der Waals surface area contributed by atoms with E-state index in [2.05, 4.69) is 0 Å². The quantitative estimate of drug-likeness (QED) is 0.652. The molecule has 0 saturated carbocycles. The van der Waals surface area contributed by atoms with Crippen molar-refractivity contribution in [3.05, 3.63) is 87.9 Å². The zero-order valence-corrected chi connectivity index (χ0v) is 16.2. The SMILES string of the molecule is NS(=O)(=O)Cc1ccc2c(c1)C(c1cccc(Cl)c1)Oc1cccc(C=O)c1-2. The summed E-state index contributed by atoms with van der Waals surface area (Å²) in [5, 5.41) is 5.77. The number of nitrogens with two attached hydrogens (primary N) is 1. The van der Waals surface area contributed by atoms with E-state index in [1.165, 1.54) is 0 Å². The van der Waals surface area contributed by atoms with Gasteiger partial charge in [-0.05, 0) is 34.9 Å². The number of fused-ring (bicyclic) bond motifs is 3. The Hall–Kier alpha value is -2.67. The molecule has 1 aliphatic heterocycles. The molecule has 0 radical (unpaired) electrons. The van der Waals surface area contributed by atoms with Gasteiger partial charge in [0, 0.05) is 21.7 Å². The monoisotopic (exact) mass is 413 g/mol. The maximum Gasteiger partial charge on any atom is 0.213 e. The van der Waals surface area contributed by atoms with Crippen LogP contribution in [0.25, 0.3) is 11.1 Å². The molecular weight excluding hydrogens is 398 g/mol. The summed E-state index contributed by atoms with van der Waals surface area (Å²) in [4.78, 5) is 11.6. The number of hydrogen-bond donors (Lipinski definition) is 1. The predicted octanol–water partition coefficient (Wildman–Crippen LogP) is 4.09. The van der Waals surface area contributed by atoms with Crippen molar-refractivity contribution in [3.8, 4) is 16.9 Å². The standard InChI is InChI=1S/C21H16ClNO4S/c22-16-5-1-3-14(10-16)21-18-9-13(12-28(23,25)26)7-8-17(18)20-15(11-24)4-2-6-19(20)27-21/h1-11,21H,12H2,(H2,23,25,26). The molecule has 0 aromatic heterocycles. The molecule has 1 heterocycles. The predicted molar refractivity (Wildman–Crippen MR) is 108 cm³/mol. The van der Waals surface area contributed by atoms with Crippen LogP contribution in [0.4, 0.5) is 0 Å². The fourth-order valence-corrected chi connectivity index (χ4v) is 4.36. The number of primary sulfonamides is 1. The Morgan fingerprint density at radius 3 is 2.57 bits per heavy atom. The van der Waals surface area contributed by atoms with Crippen LogP contribution in [-0.4, -0.2) is 14.7 Å². The molecule has 142 valence electrons. The van der Waals surface area contributed by atoms with E-state index >= 15 is 0 Å². The van der Waals surface area contributed by atoms with Crippen LogP contribution < -0.4 is 9.88 Å². The first-order chi connectivity index (χ1) is 13.4. The van der Waals surface area contributed by atoms with Crippen LogP contribution in [0.15, 0.2) is 60.7 Å². The van der Waals surface area contributed by atoms with Crippen LogP contribution in [0.3, 0.4) is 0 Å². The Bertz CT molecular complexity index is 1190. The van der Waals surface area contributed by atoms with Crippen molar-refractivity contribution < 1.29 is 17.9 Å². The number of benzene rings is 3. The number of aldehydes is 1. The van der Waals surface area contributed by atoms with Crippen molar-refractivity contribution in [2.45, 2.75) is 11.9 Å². The third-order valence-electron chi connectivity index (χ3n) is 4.62. The van der Waals surface area contributed by atoms with E-state index in [1.54, 1.807) is 42.5 Å². The summed E-state index contributed by atoms with van der Waals surface area (Å²) in [5.41, 5.74) is 4.13. The van der Waals surface area contributed by atoms with Crippen LogP contribution >= 0.6 is 11.6 Å². The first-order valence-corrected chi connectivity index (χ1v) is 10.6. The molecule has 1 aliphatic rings. The Labute approximate surface area is 167 Å². The van der Waals surface area contributed by atoms with Gasteiger partial charge in [-0.25, -0.2) is 13.6 Å². The molecule has 0 amide bonds. The number of carbonyl (C=O) groups is 1. The summed E-state index contributed by atoms with van der Waals surface area (Å²) in [6.45, 7) is 0. The summed E-state index contributed by atoms with van der Waals surface area (Å²) < 4.78 is 29.3. The highest BCUT2D eigenvalue weighted by molar-refractivity contribution is 7.88. The molecule has 28 heavy (non-hydrogen) atoms. The molecule has 0 bridgehead atoms. The number of rotatable bonds is 4. The Balaban J connectivity index is 1.95. The number of ether oxygens (including phenoxy) is 1. The molecule has 7 heteroatoms. The largest absolute Gasteiger partial charge is 0.480 e. The second-order valence-electron chi connectivity index (χ2n) is 6.62. The van der Waals surface area contributed by atoms with E-state index in [4.69, 9.17) is 21.5 Å².